The van der Waals surface area contributed by atoms with Crippen LogP contribution in [0.15, 0.2) is 42.5 Å². The van der Waals surface area contributed by atoms with Crippen LogP contribution in [0.4, 0.5) is 8.78 Å². The Kier molecular flexibility index (Phi) is 5.76. The van der Waals surface area contributed by atoms with Gasteiger partial charge in [-0.05, 0) is 24.3 Å². The molecule has 1 unspecified atom stereocenters. The quantitative estimate of drug-likeness (QED) is 0.549. The lowest BCUT2D eigenvalue weighted by molar-refractivity contribution is -0.153. The van der Waals surface area contributed by atoms with Crippen LogP contribution in [0.25, 0.3) is 0 Å². The zero-order valence-corrected chi connectivity index (χ0v) is 14.0. The number of hydrogen-bond donors (Lipinski definition) is 0. The highest BCUT2D eigenvalue weighted by Gasteiger charge is 2.32. The van der Waals surface area contributed by atoms with Crippen LogP contribution < -0.4 is 4.74 Å². The average Bonchev–Trinajstić information content (AvgIpc) is 2.57. The smallest absolute Gasteiger partial charge is 0.304 e. The van der Waals surface area contributed by atoms with Gasteiger partial charge in [-0.3, -0.25) is 4.79 Å². The van der Waals surface area contributed by atoms with E-state index in [-0.39, 0.29) is 5.75 Å². The van der Waals surface area contributed by atoms with E-state index in [1.807, 2.05) is 6.92 Å². The zero-order valence-electron chi connectivity index (χ0n) is 14.0. The van der Waals surface area contributed by atoms with Crippen molar-refractivity contribution in [2.45, 2.75) is 32.3 Å². The molecule has 0 bridgehead atoms. The Morgan fingerprint density at radius 3 is 2.40 bits per heavy atom. The maximum atomic E-state index is 13.7. The topological polar surface area (TPSA) is 35.5 Å². The summed E-state index contributed by atoms with van der Waals surface area (Å²) in [5.41, 5.74) is -0.528. The van der Waals surface area contributed by atoms with E-state index in [9.17, 15) is 13.6 Å². The summed E-state index contributed by atoms with van der Waals surface area (Å²) in [6.07, 6.45) is 6.81. The van der Waals surface area contributed by atoms with E-state index in [0.29, 0.717) is 17.7 Å². The molecule has 0 N–H and O–H groups in total. The summed E-state index contributed by atoms with van der Waals surface area (Å²) < 4.78 is 37.4. The minimum absolute atomic E-state index is 0.0918. The molecule has 3 nitrogen and oxygen atoms in total. The molecule has 2 aromatic rings. The van der Waals surface area contributed by atoms with Gasteiger partial charge in [0.25, 0.3) is 0 Å². The molecule has 0 aliphatic heterocycles. The molecular formula is C20H18F2O3. The van der Waals surface area contributed by atoms with E-state index in [0.717, 1.165) is 18.6 Å². The molecule has 5 heteroatoms. The molecule has 0 aliphatic carbocycles. The first-order chi connectivity index (χ1) is 11.9. The van der Waals surface area contributed by atoms with Gasteiger partial charge in [0.2, 0.25) is 0 Å². The lowest BCUT2D eigenvalue weighted by atomic mass is 9.89. The van der Waals surface area contributed by atoms with Crippen molar-refractivity contribution in [3.05, 3.63) is 59.7 Å². The Balaban J connectivity index is 2.28. The SMILES string of the molecule is C#CC(CCC)(OC(C)=O)c1ccc(Oc2ccc(F)cc2F)cc1. The van der Waals surface area contributed by atoms with Crippen molar-refractivity contribution >= 4 is 5.97 Å². The minimum Gasteiger partial charge on any atom is -0.454 e. The Labute approximate surface area is 145 Å². The Hall–Kier alpha value is -2.87. The average molecular weight is 344 g/mol. The third kappa shape index (κ3) is 4.36. The Bertz CT molecular complexity index is 794. The van der Waals surface area contributed by atoms with E-state index < -0.39 is 23.2 Å². The molecule has 0 spiro atoms. The molecule has 2 aromatic carbocycles. The predicted molar refractivity (Wildman–Crippen MR) is 90.1 cm³/mol. The molecule has 2 rings (SSSR count). The van der Waals surface area contributed by atoms with Gasteiger partial charge in [-0.25, -0.2) is 8.78 Å². The number of rotatable bonds is 6. The van der Waals surface area contributed by atoms with Crippen molar-refractivity contribution in [2.24, 2.45) is 0 Å². The van der Waals surface area contributed by atoms with E-state index in [2.05, 4.69) is 5.92 Å². The van der Waals surface area contributed by atoms with Gasteiger partial charge in [0.15, 0.2) is 17.2 Å². The van der Waals surface area contributed by atoms with Gasteiger partial charge >= 0.3 is 5.97 Å². The van der Waals surface area contributed by atoms with Gasteiger partial charge in [-0.2, -0.15) is 0 Å². The monoisotopic (exact) mass is 344 g/mol. The van der Waals surface area contributed by atoms with Crippen molar-refractivity contribution in [3.8, 4) is 23.8 Å². The van der Waals surface area contributed by atoms with E-state index in [1.54, 1.807) is 24.3 Å². The summed E-state index contributed by atoms with van der Waals surface area (Å²) in [6.45, 7) is 3.24. The first-order valence-corrected chi connectivity index (χ1v) is 7.81. The van der Waals surface area contributed by atoms with Gasteiger partial charge in [-0.1, -0.05) is 31.4 Å². The van der Waals surface area contributed by atoms with Crippen molar-refractivity contribution < 1.29 is 23.0 Å². The van der Waals surface area contributed by atoms with Gasteiger partial charge in [0.1, 0.15) is 11.6 Å². The molecule has 1 atom stereocenters. The normalized spacial score (nSPS) is 12.8. The van der Waals surface area contributed by atoms with Crippen LogP contribution in [0.5, 0.6) is 11.5 Å². The molecule has 0 saturated heterocycles. The third-order valence-corrected chi connectivity index (χ3v) is 3.60. The second-order valence-electron chi connectivity index (χ2n) is 5.52. The number of ether oxygens (including phenoxy) is 2. The molecule has 25 heavy (non-hydrogen) atoms. The standard InChI is InChI=1S/C20H18F2O3/c1-4-12-20(5-2,25-14(3)23)15-6-9-17(10-7-15)24-19-11-8-16(21)13-18(19)22/h2,6-11,13H,4,12H2,1,3H3. The second kappa shape index (κ2) is 7.80. The van der Waals surface area contributed by atoms with Crippen LogP contribution in [0.3, 0.4) is 0 Å². The minimum atomic E-state index is -1.15. The van der Waals surface area contributed by atoms with Gasteiger partial charge in [-0.15, -0.1) is 6.42 Å². The fraction of sp³-hybridized carbons (Fsp3) is 0.250. The van der Waals surface area contributed by atoms with Crippen molar-refractivity contribution in [1.82, 2.24) is 0 Å². The number of carbonyl (C=O) groups excluding carboxylic acids is 1. The van der Waals surface area contributed by atoms with Crippen LogP contribution in [0, 0.1) is 24.0 Å². The van der Waals surface area contributed by atoms with E-state index >= 15 is 0 Å². The second-order valence-corrected chi connectivity index (χ2v) is 5.52. The first kappa shape index (κ1) is 18.5. The summed E-state index contributed by atoms with van der Waals surface area (Å²) in [5, 5.41) is 0. The summed E-state index contributed by atoms with van der Waals surface area (Å²) in [4.78, 5) is 11.4. The summed E-state index contributed by atoms with van der Waals surface area (Å²) in [7, 11) is 0. The number of halogens is 2. The largest absolute Gasteiger partial charge is 0.454 e. The Morgan fingerprint density at radius 1 is 1.20 bits per heavy atom. The maximum Gasteiger partial charge on any atom is 0.304 e. The van der Waals surface area contributed by atoms with Crippen LogP contribution in [-0.4, -0.2) is 5.97 Å². The third-order valence-electron chi connectivity index (χ3n) is 3.60. The fourth-order valence-electron chi connectivity index (χ4n) is 2.51. The van der Waals surface area contributed by atoms with E-state index in [4.69, 9.17) is 15.9 Å². The van der Waals surface area contributed by atoms with Crippen LogP contribution in [0.1, 0.15) is 32.3 Å². The van der Waals surface area contributed by atoms with Crippen LogP contribution >= 0.6 is 0 Å². The molecular weight excluding hydrogens is 326 g/mol. The number of carbonyl (C=O) groups is 1. The predicted octanol–water partition coefficient (Wildman–Crippen LogP) is 4.95. The lowest BCUT2D eigenvalue weighted by Crippen LogP contribution is -2.30. The highest BCUT2D eigenvalue weighted by Crippen LogP contribution is 2.33. The van der Waals surface area contributed by atoms with Crippen molar-refractivity contribution in [2.75, 3.05) is 0 Å². The van der Waals surface area contributed by atoms with Crippen molar-refractivity contribution in [3.63, 3.8) is 0 Å². The number of hydrogen-bond acceptors (Lipinski definition) is 3. The zero-order chi connectivity index (χ0) is 18.4. The highest BCUT2D eigenvalue weighted by atomic mass is 19.1. The highest BCUT2D eigenvalue weighted by molar-refractivity contribution is 5.67. The Morgan fingerprint density at radius 2 is 1.88 bits per heavy atom. The van der Waals surface area contributed by atoms with Gasteiger partial charge < -0.3 is 9.47 Å². The summed E-state index contributed by atoms with van der Waals surface area (Å²) in [5.74, 6) is 0.867. The maximum absolute atomic E-state index is 13.7. The van der Waals surface area contributed by atoms with Gasteiger partial charge in [0, 0.05) is 25.0 Å². The molecule has 0 amide bonds. The summed E-state index contributed by atoms with van der Waals surface area (Å²) >= 11 is 0. The summed E-state index contributed by atoms with van der Waals surface area (Å²) in [6, 6.07) is 9.56. The number of terminal acetylenes is 1. The molecule has 0 heterocycles. The number of benzene rings is 2. The fourth-order valence-corrected chi connectivity index (χ4v) is 2.51. The molecule has 0 aliphatic rings. The first-order valence-electron chi connectivity index (χ1n) is 7.81. The lowest BCUT2D eigenvalue weighted by Gasteiger charge is -2.28. The number of esters is 1. The van der Waals surface area contributed by atoms with Crippen LogP contribution in [0.2, 0.25) is 0 Å². The molecule has 0 saturated carbocycles. The molecule has 0 fully saturated rings. The van der Waals surface area contributed by atoms with Crippen LogP contribution in [-0.2, 0) is 15.1 Å². The van der Waals surface area contributed by atoms with E-state index in [1.165, 1.54) is 13.0 Å². The molecule has 130 valence electrons. The molecule has 0 radical (unpaired) electrons. The van der Waals surface area contributed by atoms with Gasteiger partial charge in [0.05, 0.1) is 0 Å². The molecule has 0 aromatic heterocycles. The van der Waals surface area contributed by atoms with Crippen molar-refractivity contribution in [1.29, 1.82) is 0 Å².